The molecule has 0 aliphatic rings. The summed E-state index contributed by atoms with van der Waals surface area (Å²) in [5, 5.41) is 12.0. The molecule has 2 aromatic heterocycles. The van der Waals surface area contributed by atoms with E-state index in [2.05, 4.69) is 25.3 Å². The molecular formula is C12H6ClFN6. The van der Waals surface area contributed by atoms with Crippen molar-refractivity contribution in [3.8, 4) is 6.07 Å². The highest BCUT2D eigenvalue weighted by Crippen LogP contribution is 2.25. The molecule has 0 saturated carbocycles. The Kier molecular flexibility index (Phi) is 2.93. The molecule has 0 atom stereocenters. The van der Waals surface area contributed by atoms with Crippen LogP contribution in [0.1, 0.15) is 5.56 Å². The van der Waals surface area contributed by atoms with E-state index in [0.717, 1.165) is 6.07 Å². The van der Waals surface area contributed by atoms with Crippen LogP contribution in [0.2, 0.25) is 5.28 Å². The normalized spacial score (nSPS) is 10.4. The molecule has 2 N–H and O–H groups in total. The highest BCUT2D eigenvalue weighted by atomic mass is 35.5. The number of rotatable bonds is 2. The number of aromatic amines is 1. The van der Waals surface area contributed by atoms with Crippen LogP contribution in [0.4, 0.5) is 15.9 Å². The lowest BCUT2D eigenvalue weighted by Crippen LogP contribution is -1.99. The second-order valence-corrected chi connectivity index (χ2v) is 4.21. The molecule has 8 heteroatoms. The van der Waals surface area contributed by atoms with Gasteiger partial charge < -0.3 is 10.3 Å². The lowest BCUT2D eigenvalue weighted by Gasteiger charge is -2.08. The second kappa shape index (κ2) is 4.75. The number of nitrogens with zero attached hydrogens (tertiary/aromatic N) is 4. The number of nitriles is 1. The predicted octanol–water partition coefficient (Wildman–Crippen LogP) is 2.76. The van der Waals surface area contributed by atoms with Gasteiger partial charge in [0.1, 0.15) is 17.4 Å². The Balaban J connectivity index is 2.10. The molecular weight excluding hydrogens is 283 g/mol. The number of halogens is 2. The molecule has 20 heavy (non-hydrogen) atoms. The van der Waals surface area contributed by atoms with Crippen molar-refractivity contribution >= 4 is 34.3 Å². The third-order valence-electron chi connectivity index (χ3n) is 2.61. The van der Waals surface area contributed by atoms with Gasteiger partial charge in [0.15, 0.2) is 11.5 Å². The number of nitrogens with one attached hydrogen (secondary N) is 2. The first-order chi connectivity index (χ1) is 9.67. The molecule has 2 heterocycles. The maximum Gasteiger partial charge on any atom is 0.226 e. The Morgan fingerprint density at radius 3 is 3.00 bits per heavy atom. The van der Waals surface area contributed by atoms with Gasteiger partial charge >= 0.3 is 0 Å². The minimum Gasteiger partial charge on any atom is -0.340 e. The monoisotopic (exact) mass is 288 g/mol. The second-order valence-electron chi connectivity index (χ2n) is 3.87. The lowest BCUT2D eigenvalue weighted by molar-refractivity contribution is 0.627. The molecule has 0 spiro atoms. The number of fused-ring (bicyclic) bond motifs is 1. The van der Waals surface area contributed by atoms with Crippen LogP contribution in [0.15, 0.2) is 24.5 Å². The summed E-state index contributed by atoms with van der Waals surface area (Å²) in [5.74, 6) is -0.125. The van der Waals surface area contributed by atoms with Crippen molar-refractivity contribution in [2.75, 3.05) is 5.32 Å². The van der Waals surface area contributed by atoms with Gasteiger partial charge in [-0.05, 0) is 29.8 Å². The summed E-state index contributed by atoms with van der Waals surface area (Å²) in [7, 11) is 0. The topological polar surface area (TPSA) is 90.3 Å². The summed E-state index contributed by atoms with van der Waals surface area (Å²) in [4.78, 5) is 14.8. The summed E-state index contributed by atoms with van der Waals surface area (Å²) in [6, 6.07) is 5.74. The first-order valence-electron chi connectivity index (χ1n) is 5.50. The quantitative estimate of drug-likeness (QED) is 0.708. The molecule has 98 valence electrons. The minimum atomic E-state index is -0.487. The van der Waals surface area contributed by atoms with E-state index in [9.17, 15) is 4.39 Å². The first kappa shape index (κ1) is 12.3. The standard InChI is InChI=1S/C12H6ClFN6/c13-12-19-10-9(16-5-17-10)11(20-12)18-8-2-1-7(14)3-6(8)4-15/h1-3,5H,(H2,16,17,18,19,20). The van der Waals surface area contributed by atoms with Crippen LogP contribution in [0, 0.1) is 17.1 Å². The van der Waals surface area contributed by atoms with Gasteiger partial charge in [-0.15, -0.1) is 0 Å². The SMILES string of the molecule is N#Cc1cc(F)ccc1Nc1nc(Cl)nc2nc[nH]c12. The number of anilines is 2. The van der Waals surface area contributed by atoms with Gasteiger partial charge in [0.2, 0.25) is 5.28 Å². The fraction of sp³-hybridized carbons (Fsp3) is 0. The Morgan fingerprint density at radius 1 is 1.35 bits per heavy atom. The van der Waals surface area contributed by atoms with Crippen molar-refractivity contribution in [3.63, 3.8) is 0 Å². The molecule has 0 fully saturated rings. The average molecular weight is 289 g/mol. The molecule has 3 aromatic rings. The Bertz CT molecular complexity index is 838. The number of benzene rings is 1. The Hall–Kier alpha value is -2.72. The van der Waals surface area contributed by atoms with E-state index in [1.807, 2.05) is 6.07 Å². The average Bonchev–Trinajstić information content (AvgIpc) is 2.88. The third kappa shape index (κ3) is 2.13. The van der Waals surface area contributed by atoms with Gasteiger partial charge in [0.05, 0.1) is 17.6 Å². The zero-order valence-electron chi connectivity index (χ0n) is 9.85. The van der Waals surface area contributed by atoms with E-state index < -0.39 is 5.82 Å². The summed E-state index contributed by atoms with van der Waals surface area (Å²) in [5.41, 5.74) is 1.52. The van der Waals surface area contributed by atoms with Crippen LogP contribution < -0.4 is 5.32 Å². The molecule has 1 aromatic carbocycles. The predicted molar refractivity (Wildman–Crippen MR) is 71.1 cm³/mol. The number of hydrogen-bond donors (Lipinski definition) is 2. The zero-order valence-corrected chi connectivity index (χ0v) is 10.6. The van der Waals surface area contributed by atoms with E-state index in [1.165, 1.54) is 18.5 Å². The van der Waals surface area contributed by atoms with Crippen LogP contribution in [0.3, 0.4) is 0 Å². The number of imidazole rings is 1. The smallest absolute Gasteiger partial charge is 0.226 e. The van der Waals surface area contributed by atoms with Gasteiger partial charge in [-0.2, -0.15) is 15.2 Å². The fourth-order valence-electron chi connectivity index (χ4n) is 1.74. The maximum atomic E-state index is 13.1. The van der Waals surface area contributed by atoms with Gasteiger partial charge in [-0.1, -0.05) is 0 Å². The molecule has 0 bridgehead atoms. The maximum absolute atomic E-state index is 13.1. The van der Waals surface area contributed by atoms with Gasteiger partial charge in [-0.3, -0.25) is 0 Å². The Morgan fingerprint density at radius 2 is 2.20 bits per heavy atom. The largest absolute Gasteiger partial charge is 0.340 e. The van der Waals surface area contributed by atoms with Crippen molar-refractivity contribution in [1.29, 1.82) is 5.26 Å². The van der Waals surface area contributed by atoms with Crippen molar-refractivity contribution in [2.45, 2.75) is 0 Å². The highest BCUT2D eigenvalue weighted by molar-refractivity contribution is 6.28. The van der Waals surface area contributed by atoms with Crippen LogP contribution >= 0.6 is 11.6 Å². The molecule has 0 unspecified atom stereocenters. The highest BCUT2D eigenvalue weighted by Gasteiger charge is 2.11. The van der Waals surface area contributed by atoms with Crippen LogP contribution in [0.25, 0.3) is 11.2 Å². The molecule has 6 nitrogen and oxygen atoms in total. The van der Waals surface area contributed by atoms with E-state index in [1.54, 1.807) is 0 Å². The molecule has 0 amide bonds. The lowest BCUT2D eigenvalue weighted by atomic mass is 10.2. The van der Waals surface area contributed by atoms with Gasteiger partial charge in [0, 0.05) is 0 Å². The van der Waals surface area contributed by atoms with E-state index in [-0.39, 0.29) is 10.8 Å². The number of hydrogen-bond acceptors (Lipinski definition) is 5. The first-order valence-corrected chi connectivity index (χ1v) is 5.88. The van der Waals surface area contributed by atoms with Gasteiger partial charge in [0.25, 0.3) is 0 Å². The van der Waals surface area contributed by atoms with Crippen LogP contribution in [-0.2, 0) is 0 Å². The number of H-pyrrole nitrogens is 1. The molecule has 3 rings (SSSR count). The molecule has 0 aliphatic heterocycles. The van der Waals surface area contributed by atoms with Crippen molar-refractivity contribution in [2.24, 2.45) is 0 Å². The van der Waals surface area contributed by atoms with Gasteiger partial charge in [-0.25, -0.2) is 9.37 Å². The summed E-state index contributed by atoms with van der Waals surface area (Å²) >= 11 is 5.80. The summed E-state index contributed by atoms with van der Waals surface area (Å²) < 4.78 is 13.1. The summed E-state index contributed by atoms with van der Waals surface area (Å²) in [6.45, 7) is 0. The third-order valence-corrected chi connectivity index (χ3v) is 2.78. The van der Waals surface area contributed by atoms with Crippen molar-refractivity contribution < 1.29 is 4.39 Å². The minimum absolute atomic E-state index is 0.0210. The molecule has 0 saturated heterocycles. The van der Waals surface area contributed by atoms with Crippen molar-refractivity contribution in [3.05, 3.63) is 41.2 Å². The fourth-order valence-corrected chi connectivity index (χ4v) is 1.91. The van der Waals surface area contributed by atoms with E-state index in [0.29, 0.717) is 22.7 Å². The van der Waals surface area contributed by atoms with Crippen LogP contribution in [0.5, 0.6) is 0 Å². The van der Waals surface area contributed by atoms with E-state index >= 15 is 0 Å². The molecule has 0 aliphatic carbocycles. The summed E-state index contributed by atoms with van der Waals surface area (Å²) in [6.07, 6.45) is 1.46. The zero-order chi connectivity index (χ0) is 14.1. The molecule has 0 radical (unpaired) electrons. The van der Waals surface area contributed by atoms with Crippen LogP contribution in [-0.4, -0.2) is 19.9 Å². The Labute approximate surface area is 117 Å². The van der Waals surface area contributed by atoms with Crippen molar-refractivity contribution in [1.82, 2.24) is 19.9 Å². The van der Waals surface area contributed by atoms with E-state index in [4.69, 9.17) is 16.9 Å². The number of aromatic nitrogens is 4.